The van der Waals surface area contributed by atoms with Crippen molar-refractivity contribution in [1.29, 1.82) is 0 Å². The van der Waals surface area contributed by atoms with Gasteiger partial charge in [-0.05, 0) is 18.6 Å². The minimum absolute atomic E-state index is 0.146. The number of amides is 1. The number of carbonyl (C=O) groups excluding carboxylic acids is 1. The molecule has 1 atom stereocenters. The van der Waals surface area contributed by atoms with Crippen LogP contribution in [-0.4, -0.2) is 26.1 Å². The highest BCUT2D eigenvalue weighted by Crippen LogP contribution is 2.17. The van der Waals surface area contributed by atoms with Crippen LogP contribution in [0, 0.1) is 0 Å². The van der Waals surface area contributed by atoms with Gasteiger partial charge in [-0.3, -0.25) is 14.9 Å². The molecule has 0 saturated heterocycles. The highest BCUT2D eigenvalue weighted by Gasteiger charge is 2.22. The van der Waals surface area contributed by atoms with Gasteiger partial charge in [0.25, 0.3) is 5.91 Å². The van der Waals surface area contributed by atoms with Crippen LogP contribution in [0.2, 0.25) is 0 Å². The average Bonchev–Trinajstić information content (AvgIpc) is 2.89. The molecule has 2 aromatic heterocycles. The molecule has 2 N–H and O–H groups in total. The first kappa shape index (κ1) is 14.2. The second-order valence-corrected chi connectivity index (χ2v) is 5.74. The lowest BCUT2D eigenvalue weighted by Crippen LogP contribution is -2.27. The Balaban J connectivity index is 2.07. The number of hydrogen-bond acceptors (Lipinski definition) is 4. The van der Waals surface area contributed by atoms with Crippen LogP contribution in [0.1, 0.15) is 55.7 Å². The quantitative estimate of drug-likeness (QED) is 0.895. The van der Waals surface area contributed by atoms with Crippen molar-refractivity contribution in [2.24, 2.45) is 0 Å². The summed E-state index contributed by atoms with van der Waals surface area (Å²) in [5.41, 5.74) is 0.771. The number of H-pyrrole nitrogens is 1. The van der Waals surface area contributed by atoms with E-state index in [2.05, 4.69) is 25.5 Å². The zero-order valence-corrected chi connectivity index (χ0v) is 12.1. The molecule has 2 aromatic rings. The molecule has 2 heterocycles. The standard InChI is InChI=1S/C14H19N5O/c1-9(10-6-5-7-15-8-10)16-12(20)11-17-13(19-18-11)14(2,3)4/h5-9H,1-4H3,(H,16,20)(H,17,18,19). The predicted octanol–water partition coefficient (Wildman–Crippen LogP) is 1.99. The van der Waals surface area contributed by atoms with Gasteiger partial charge in [-0.15, -0.1) is 5.10 Å². The smallest absolute Gasteiger partial charge is 0.291 e. The summed E-state index contributed by atoms with van der Waals surface area (Å²) in [7, 11) is 0. The summed E-state index contributed by atoms with van der Waals surface area (Å²) >= 11 is 0. The number of hydrogen-bond donors (Lipinski definition) is 2. The second-order valence-electron chi connectivity index (χ2n) is 5.74. The number of nitrogens with one attached hydrogen (secondary N) is 2. The summed E-state index contributed by atoms with van der Waals surface area (Å²) in [6.45, 7) is 7.92. The molecule has 0 fully saturated rings. The Morgan fingerprint density at radius 1 is 1.40 bits per heavy atom. The summed E-state index contributed by atoms with van der Waals surface area (Å²) in [5, 5.41) is 9.62. The van der Waals surface area contributed by atoms with Gasteiger partial charge in [-0.2, -0.15) is 0 Å². The molecule has 0 spiro atoms. The molecular weight excluding hydrogens is 254 g/mol. The summed E-state index contributed by atoms with van der Waals surface area (Å²) in [6.07, 6.45) is 3.42. The zero-order valence-electron chi connectivity index (χ0n) is 12.1. The number of nitrogens with zero attached hydrogens (tertiary/aromatic N) is 3. The van der Waals surface area contributed by atoms with Crippen molar-refractivity contribution in [2.45, 2.75) is 39.2 Å². The summed E-state index contributed by atoms with van der Waals surface area (Å²) < 4.78 is 0. The Morgan fingerprint density at radius 2 is 2.15 bits per heavy atom. The van der Waals surface area contributed by atoms with E-state index in [0.29, 0.717) is 5.82 Å². The Kier molecular flexibility index (Phi) is 3.83. The number of aromatic nitrogens is 4. The third-order valence-electron chi connectivity index (χ3n) is 2.93. The Morgan fingerprint density at radius 3 is 2.70 bits per heavy atom. The lowest BCUT2D eigenvalue weighted by molar-refractivity contribution is 0.0929. The van der Waals surface area contributed by atoms with Gasteiger partial charge in [0.05, 0.1) is 6.04 Å². The number of carbonyl (C=O) groups is 1. The molecule has 0 bridgehead atoms. The molecule has 6 heteroatoms. The van der Waals surface area contributed by atoms with Crippen LogP contribution in [0.25, 0.3) is 0 Å². The van der Waals surface area contributed by atoms with E-state index >= 15 is 0 Å². The van der Waals surface area contributed by atoms with Crippen molar-refractivity contribution in [3.05, 3.63) is 41.7 Å². The van der Waals surface area contributed by atoms with Gasteiger partial charge in [-0.1, -0.05) is 26.8 Å². The minimum Gasteiger partial charge on any atom is -0.343 e. The SMILES string of the molecule is CC(NC(=O)c1n[nH]c(C(C)(C)C)n1)c1cccnc1. The molecule has 0 radical (unpaired) electrons. The maximum atomic E-state index is 12.1. The molecule has 1 amide bonds. The number of aromatic amines is 1. The summed E-state index contributed by atoms with van der Waals surface area (Å²) in [6, 6.07) is 3.60. The fourth-order valence-electron chi connectivity index (χ4n) is 1.68. The molecule has 0 aliphatic rings. The van der Waals surface area contributed by atoms with Crippen LogP contribution >= 0.6 is 0 Å². The van der Waals surface area contributed by atoms with Gasteiger partial charge in [0, 0.05) is 17.8 Å². The van der Waals surface area contributed by atoms with Crippen molar-refractivity contribution in [3.63, 3.8) is 0 Å². The van der Waals surface area contributed by atoms with E-state index in [1.165, 1.54) is 0 Å². The second kappa shape index (κ2) is 5.40. The number of pyridine rings is 1. The van der Waals surface area contributed by atoms with E-state index in [4.69, 9.17) is 0 Å². The largest absolute Gasteiger partial charge is 0.343 e. The highest BCUT2D eigenvalue weighted by atomic mass is 16.2. The molecule has 2 rings (SSSR count). The molecule has 20 heavy (non-hydrogen) atoms. The molecule has 1 unspecified atom stereocenters. The average molecular weight is 273 g/mol. The van der Waals surface area contributed by atoms with E-state index in [1.54, 1.807) is 12.4 Å². The number of rotatable bonds is 3. The van der Waals surface area contributed by atoms with E-state index in [-0.39, 0.29) is 23.2 Å². The summed E-state index contributed by atoms with van der Waals surface area (Å²) in [4.78, 5) is 20.4. The minimum atomic E-state index is -0.298. The maximum absolute atomic E-state index is 12.1. The van der Waals surface area contributed by atoms with Gasteiger partial charge >= 0.3 is 0 Å². The van der Waals surface area contributed by atoms with Gasteiger partial charge in [-0.25, -0.2) is 4.98 Å². The molecule has 106 valence electrons. The lowest BCUT2D eigenvalue weighted by Gasteiger charge is -2.13. The van der Waals surface area contributed by atoms with E-state index in [9.17, 15) is 4.79 Å². The first-order valence-corrected chi connectivity index (χ1v) is 6.51. The van der Waals surface area contributed by atoms with Crippen molar-refractivity contribution >= 4 is 5.91 Å². The fraction of sp³-hybridized carbons (Fsp3) is 0.429. The maximum Gasteiger partial charge on any atom is 0.291 e. The summed E-state index contributed by atoms with van der Waals surface area (Å²) in [5.74, 6) is 0.551. The normalized spacial score (nSPS) is 13.0. The molecule has 0 aromatic carbocycles. The van der Waals surface area contributed by atoms with E-state index in [0.717, 1.165) is 5.56 Å². The molecule has 0 aliphatic heterocycles. The Hall–Kier alpha value is -2.24. The van der Waals surface area contributed by atoms with Crippen LogP contribution in [0.4, 0.5) is 0 Å². The van der Waals surface area contributed by atoms with Gasteiger partial charge in [0.1, 0.15) is 5.82 Å². The van der Waals surface area contributed by atoms with Crippen molar-refractivity contribution in [2.75, 3.05) is 0 Å². The van der Waals surface area contributed by atoms with Gasteiger partial charge in [0.15, 0.2) is 0 Å². The van der Waals surface area contributed by atoms with Gasteiger partial charge < -0.3 is 5.32 Å². The van der Waals surface area contributed by atoms with Crippen molar-refractivity contribution in [3.8, 4) is 0 Å². The van der Waals surface area contributed by atoms with Crippen LogP contribution in [0.3, 0.4) is 0 Å². The fourth-order valence-corrected chi connectivity index (χ4v) is 1.68. The molecule has 0 saturated carbocycles. The van der Waals surface area contributed by atoms with Crippen LogP contribution in [0.15, 0.2) is 24.5 Å². The van der Waals surface area contributed by atoms with Crippen LogP contribution in [-0.2, 0) is 5.41 Å². The highest BCUT2D eigenvalue weighted by molar-refractivity contribution is 5.90. The van der Waals surface area contributed by atoms with Crippen molar-refractivity contribution in [1.82, 2.24) is 25.5 Å². The Labute approximate surface area is 118 Å². The molecule has 6 nitrogen and oxygen atoms in total. The monoisotopic (exact) mass is 273 g/mol. The van der Waals surface area contributed by atoms with E-state index in [1.807, 2.05) is 39.8 Å². The first-order valence-electron chi connectivity index (χ1n) is 6.51. The van der Waals surface area contributed by atoms with Crippen LogP contribution < -0.4 is 5.32 Å². The topological polar surface area (TPSA) is 83.6 Å². The van der Waals surface area contributed by atoms with E-state index < -0.39 is 0 Å². The first-order chi connectivity index (χ1) is 9.38. The van der Waals surface area contributed by atoms with Crippen molar-refractivity contribution < 1.29 is 4.79 Å². The predicted molar refractivity (Wildman–Crippen MR) is 75.2 cm³/mol. The third kappa shape index (κ3) is 3.20. The third-order valence-corrected chi connectivity index (χ3v) is 2.93. The lowest BCUT2D eigenvalue weighted by atomic mass is 9.96. The zero-order chi connectivity index (χ0) is 14.8. The molecule has 0 aliphatic carbocycles. The van der Waals surface area contributed by atoms with Gasteiger partial charge in [0.2, 0.25) is 5.82 Å². The van der Waals surface area contributed by atoms with Crippen LogP contribution in [0.5, 0.6) is 0 Å². The molecular formula is C14H19N5O. The Bertz CT molecular complexity index is 585.